The van der Waals surface area contributed by atoms with Crippen molar-refractivity contribution in [3.8, 4) is 5.75 Å². The molecule has 1 atom stereocenters. The fourth-order valence-corrected chi connectivity index (χ4v) is 3.40. The van der Waals surface area contributed by atoms with Crippen LogP contribution in [0.3, 0.4) is 0 Å². The number of nitrogens with one attached hydrogen (secondary N) is 1. The first kappa shape index (κ1) is 20.9. The van der Waals surface area contributed by atoms with Crippen molar-refractivity contribution in [2.45, 2.75) is 39.0 Å². The van der Waals surface area contributed by atoms with Gasteiger partial charge >= 0.3 is 5.97 Å². The summed E-state index contributed by atoms with van der Waals surface area (Å²) in [6.45, 7) is 5.03. The number of benzene rings is 2. The molecule has 1 saturated heterocycles. The summed E-state index contributed by atoms with van der Waals surface area (Å²) in [4.78, 5) is 27.1. The third-order valence-corrected chi connectivity index (χ3v) is 5.09. The van der Waals surface area contributed by atoms with E-state index in [1.807, 2.05) is 36.4 Å². The fourth-order valence-electron chi connectivity index (χ4n) is 3.40. The molecule has 2 aromatic carbocycles. The normalized spacial score (nSPS) is 15.0. The standard InChI is InChI=1S/C23H28N2O4/c1-17(22(26)24-15-20-7-3-4-8-21(20)28-2)29-23(27)19-11-9-18(10-12-19)16-25-13-5-6-14-25/h3-4,7-12,17H,5-6,13-16H2,1-2H3,(H,24,26)/t17-/m1/s1. The zero-order valence-electron chi connectivity index (χ0n) is 17.0. The molecule has 0 aliphatic carbocycles. The Morgan fingerprint density at radius 2 is 1.76 bits per heavy atom. The first-order valence-electron chi connectivity index (χ1n) is 9.98. The minimum atomic E-state index is -0.888. The molecule has 1 aliphatic rings. The van der Waals surface area contributed by atoms with Gasteiger partial charge in [-0.1, -0.05) is 30.3 Å². The molecule has 0 unspecified atom stereocenters. The van der Waals surface area contributed by atoms with Crippen LogP contribution in [-0.4, -0.2) is 43.1 Å². The van der Waals surface area contributed by atoms with Gasteiger partial charge in [-0.3, -0.25) is 9.69 Å². The Morgan fingerprint density at radius 3 is 2.45 bits per heavy atom. The molecule has 2 aromatic rings. The van der Waals surface area contributed by atoms with Crippen LogP contribution in [0.5, 0.6) is 5.75 Å². The van der Waals surface area contributed by atoms with Gasteiger partial charge in [-0.2, -0.15) is 0 Å². The largest absolute Gasteiger partial charge is 0.496 e. The Bertz CT molecular complexity index is 829. The van der Waals surface area contributed by atoms with E-state index in [9.17, 15) is 9.59 Å². The van der Waals surface area contributed by atoms with Crippen molar-refractivity contribution in [3.63, 3.8) is 0 Å². The highest BCUT2D eigenvalue weighted by atomic mass is 16.5. The first-order valence-corrected chi connectivity index (χ1v) is 9.98. The van der Waals surface area contributed by atoms with Gasteiger partial charge in [-0.05, 0) is 56.6 Å². The van der Waals surface area contributed by atoms with Gasteiger partial charge in [0.25, 0.3) is 5.91 Å². The summed E-state index contributed by atoms with van der Waals surface area (Å²) in [6, 6.07) is 14.9. The lowest BCUT2D eigenvalue weighted by Crippen LogP contribution is -2.35. The number of methoxy groups -OCH3 is 1. The minimum absolute atomic E-state index is 0.302. The maximum atomic E-state index is 12.4. The lowest BCUT2D eigenvalue weighted by Gasteiger charge is -2.16. The summed E-state index contributed by atoms with van der Waals surface area (Å²) in [5.41, 5.74) is 2.47. The summed E-state index contributed by atoms with van der Waals surface area (Å²) in [5.74, 6) is -0.154. The van der Waals surface area contributed by atoms with E-state index in [4.69, 9.17) is 9.47 Å². The second kappa shape index (κ2) is 10.1. The topological polar surface area (TPSA) is 67.9 Å². The van der Waals surface area contributed by atoms with Gasteiger partial charge in [0.05, 0.1) is 12.7 Å². The number of hydrogen-bond acceptors (Lipinski definition) is 5. The van der Waals surface area contributed by atoms with Crippen molar-refractivity contribution in [2.24, 2.45) is 0 Å². The van der Waals surface area contributed by atoms with Gasteiger partial charge in [0, 0.05) is 18.7 Å². The van der Waals surface area contributed by atoms with E-state index >= 15 is 0 Å². The van der Waals surface area contributed by atoms with E-state index in [1.54, 1.807) is 26.2 Å². The number of carbonyl (C=O) groups excluding carboxylic acids is 2. The number of esters is 1. The van der Waals surface area contributed by atoms with E-state index < -0.39 is 12.1 Å². The number of ether oxygens (including phenoxy) is 2. The molecule has 0 spiro atoms. The van der Waals surface area contributed by atoms with Crippen molar-refractivity contribution < 1.29 is 19.1 Å². The Labute approximate surface area is 171 Å². The second-order valence-electron chi connectivity index (χ2n) is 7.26. The lowest BCUT2D eigenvalue weighted by molar-refractivity contribution is -0.129. The SMILES string of the molecule is COc1ccccc1CNC(=O)[C@@H](C)OC(=O)c1ccc(CN2CCCC2)cc1. The van der Waals surface area contributed by atoms with E-state index in [-0.39, 0.29) is 5.91 Å². The molecule has 1 aliphatic heterocycles. The summed E-state index contributed by atoms with van der Waals surface area (Å²) < 4.78 is 10.6. The number of hydrogen-bond donors (Lipinski definition) is 1. The fraction of sp³-hybridized carbons (Fsp3) is 0.391. The molecule has 0 aromatic heterocycles. The summed E-state index contributed by atoms with van der Waals surface area (Å²) in [5, 5.41) is 2.78. The molecule has 29 heavy (non-hydrogen) atoms. The van der Waals surface area contributed by atoms with E-state index in [2.05, 4.69) is 10.2 Å². The maximum Gasteiger partial charge on any atom is 0.338 e. The Balaban J connectivity index is 1.49. The molecule has 6 nitrogen and oxygen atoms in total. The summed E-state index contributed by atoms with van der Waals surface area (Å²) in [7, 11) is 1.58. The van der Waals surface area contributed by atoms with Gasteiger partial charge in [-0.25, -0.2) is 4.79 Å². The van der Waals surface area contributed by atoms with Crippen molar-refractivity contribution >= 4 is 11.9 Å². The van der Waals surface area contributed by atoms with Crippen molar-refractivity contribution in [2.75, 3.05) is 20.2 Å². The first-order chi connectivity index (χ1) is 14.1. The lowest BCUT2D eigenvalue weighted by atomic mass is 10.1. The molecular formula is C23H28N2O4. The van der Waals surface area contributed by atoms with Crippen LogP contribution in [0.1, 0.15) is 41.3 Å². The highest BCUT2D eigenvalue weighted by Gasteiger charge is 2.19. The smallest absolute Gasteiger partial charge is 0.338 e. The molecule has 3 rings (SSSR count). The minimum Gasteiger partial charge on any atom is -0.496 e. The highest BCUT2D eigenvalue weighted by Crippen LogP contribution is 2.17. The van der Waals surface area contributed by atoms with Crippen LogP contribution >= 0.6 is 0 Å². The number of amides is 1. The van der Waals surface area contributed by atoms with Crippen LogP contribution in [0.15, 0.2) is 48.5 Å². The molecule has 1 heterocycles. The number of likely N-dealkylation sites (tertiary alicyclic amines) is 1. The van der Waals surface area contributed by atoms with E-state index in [0.29, 0.717) is 17.9 Å². The van der Waals surface area contributed by atoms with Gasteiger partial charge < -0.3 is 14.8 Å². The predicted octanol–water partition coefficient (Wildman–Crippen LogP) is 3.15. The maximum absolute atomic E-state index is 12.4. The van der Waals surface area contributed by atoms with E-state index in [0.717, 1.165) is 25.2 Å². The molecule has 0 bridgehead atoms. The monoisotopic (exact) mass is 396 g/mol. The number of para-hydroxylation sites is 1. The Morgan fingerprint density at radius 1 is 1.07 bits per heavy atom. The molecule has 154 valence electrons. The van der Waals surface area contributed by atoms with Crippen molar-refractivity contribution in [3.05, 3.63) is 65.2 Å². The molecule has 0 saturated carbocycles. The number of nitrogens with zero attached hydrogens (tertiary/aromatic N) is 1. The third kappa shape index (κ3) is 5.81. The van der Waals surface area contributed by atoms with Gasteiger partial charge in [0.1, 0.15) is 5.75 Å². The third-order valence-electron chi connectivity index (χ3n) is 5.09. The molecule has 1 fully saturated rings. The highest BCUT2D eigenvalue weighted by molar-refractivity contribution is 5.92. The molecular weight excluding hydrogens is 368 g/mol. The predicted molar refractivity (Wildman–Crippen MR) is 111 cm³/mol. The van der Waals surface area contributed by atoms with Crippen LogP contribution in [0.2, 0.25) is 0 Å². The average molecular weight is 396 g/mol. The van der Waals surface area contributed by atoms with Crippen LogP contribution in [0.4, 0.5) is 0 Å². The number of rotatable bonds is 8. The van der Waals surface area contributed by atoms with E-state index in [1.165, 1.54) is 18.4 Å². The van der Waals surface area contributed by atoms with Crippen LogP contribution < -0.4 is 10.1 Å². The Kier molecular flexibility index (Phi) is 7.25. The average Bonchev–Trinajstić information content (AvgIpc) is 3.25. The molecule has 6 heteroatoms. The molecule has 1 N–H and O–H groups in total. The van der Waals surface area contributed by atoms with Crippen LogP contribution in [-0.2, 0) is 22.6 Å². The summed E-state index contributed by atoms with van der Waals surface area (Å²) >= 11 is 0. The number of carbonyl (C=O) groups is 2. The summed E-state index contributed by atoms with van der Waals surface area (Å²) in [6.07, 6.45) is 1.62. The van der Waals surface area contributed by atoms with Crippen LogP contribution in [0, 0.1) is 0 Å². The molecule has 1 amide bonds. The van der Waals surface area contributed by atoms with Gasteiger partial charge in [0.15, 0.2) is 6.10 Å². The zero-order valence-corrected chi connectivity index (χ0v) is 17.0. The van der Waals surface area contributed by atoms with Crippen molar-refractivity contribution in [1.29, 1.82) is 0 Å². The van der Waals surface area contributed by atoms with Gasteiger partial charge in [-0.15, -0.1) is 0 Å². The van der Waals surface area contributed by atoms with Crippen LogP contribution in [0.25, 0.3) is 0 Å². The van der Waals surface area contributed by atoms with Gasteiger partial charge in [0.2, 0.25) is 0 Å². The molecule has 0 radical (unpaired) electrons. The zero-order chi connectivity index (χ0) is 20.6. The Hall–Kier alpha value is -2.86. The quantitative estimate of drug-likeness (QED) is 0.695. The second-order valence-corrected chi connectivity index (χ2v) is 7.26. The van der Waals surface area contributed by atoms with Crippen molar-refractivity contribution in [1.82, 2.24) is 10.2 Å².